The first-order chi connectivity index (χ1) is 8.63. The molecule has 2 heterocycles. The van der Waals surface area contributed by atoms with Crippen LogP contribution in [0.5, 0.6) is 0 Å². The van der Waals surface area contributed by atoms with Gasteiger partial charge < -0.3 is 15.4 Å². The number of ether oxygens (including phenoxy) is 1. The molecule has 18 heavy (non-hydrogen) atoms. The number of rotatable bonds is 3. The number of methoxy groups -OCH3 is 1. The fraction of sp³-hybridized carbons (Fsp3) is 0.538. The number of nitrogens with two attached hydrogens (primary N) is 1. The van der Waals surface area contributed by atoms with Gasteiger partial charge in [-0.05, 0) is 31.9 Å². The summed E-state index contributed by atoms with van der Waals surface area (Å²) in [6, 6.07) is 4.23. The molecule has 2 unspecified atom stereocenters. The standard InChI is InChI=1S/C13H20N4O/c1-9-8-10(18-2)5-7-17(9)11-4-3-6-16-12(11)13(14)15/h3-4,6,9-10H,5,7-8H2,1-2H3,(H3,14,15). The zero-order chi connectivity index (χ0) is 13.1. The Kier molecular flexibility index (Phi) is 3.81. The van der Waals surface area contributed by atoms with Gasteiger partial charge in [-0.1, -0.05) is 0 Å². The third-order valence-corrected chi connectivity index (χ3v) is 3.51. The average Bonchev–Trinajstić information content (AvgIpc) is 2.38. The number of amidine groups is 1. The Balaban J connectivity index is 2.24. The van der Waals surface area contributed by atoms with E-state index in [0.717, 1.165) is 25.1 Å². The number of nitrogens with zero attached hydrogens (tertiary/aromatic N) is 2. The molecule has 2 atom stereocenters. The summed E-state index contributed by atoms with van der Waals surface area (Å²) in [5.74, 6) is 0.0201. The number of nitrogen functional groups attached to an aromatic ring is 1. The van der Waals surface area contributed by atoms with Crippen molar-refractivity contribution in [2.45, 2.75) is 31.9 Å². The number of hydrogen-bond donors (Lipinski definition) is 2. The topological polar surface area (TPSA) is 75.2 Å². The van der Waals surface area contributed by atoms with Crippen molar-refractivity contribution in [3.8, 4) is 0 Å². The lowest BCUT2D eigenvalue weighted by Crippen LogP contribution is -2.44. The molecule has 0 spiro atoms. The van der Waals surface area contributed by atoms with Gasteiger partial charge in [-0.2, -0.15) is 0 Å². The van der Waals surface area contributed by atoms with Crippen LogP contribution in [0.15, 0.2) is 18.3 Å². The maximum Gasteiger partial charge on any atom is 0.143 e. The molecule has 0 radical (unpaired) electrons. The third kappa shape index (κ3) is 2.46. The van der Waals surface area contributed by atoms with Crippen LogP contribution in [0.4, 0.5) is 5.69 Å². The van der Waals surface area contributed by atoms with E-state index in [0.29, 0.717) is 17.8 Å². The monoisotopic (exact) mass is 248 g/mol. The van der Waals surface area contributed by atoms with Gasteiger partial charge in [0.15, 0.2) is 0 Å². The summed E-state index contributed by atoms with van der Waals surface area (Å²) in [7, 11) is 1.76. The van der Waals surface area contributed by atoms with Crippen LogP contribution >= 0.6 is 0 Å². The Morgan fingerprint density at radius 1 is 1.61 bits per heavy atom. The van der Waals surface area contributed by atoms with Gasteiger partial charge in [0.05, 0.1) is 11.8 Å². The van der Waals surface area contributed by atoms with Crippen molar-refractivity contribution in [2.75, 3.05) is 18.6 Å². The largest absolute Gasteiger partial charge is 0.382 e. The molecule has 3 N–H and O–H groups in total. The lowest BCUT2D eigenvalue weighted by molar-refractivity contribution is 0.0721. The molecule has 1 aliphatic heterocycles. The number of aromatic nitrogens is 1. The van der Waals surface area contributed by atoms with Crippen LogP contribution in [0.25, 0.3) is 0 Å². The molecule has 1 aromatic rings. The quantitative estimate of drug-likeness (QED) is 0.626. The van der Waals surface area contributed by atoms with Crippen molar-refractivity contribution >= 4 is 11.5 Å². The maximum atomic E-state index is 7.60. The second kappa shape index (κ2) is 5.35. The highest BCUT2D eigenvalue weighted by Gasteiger charge is 2.27. The highest BCUT2D eigenvalue weighted by Crippen LogP contribution is 2.27. The fourth-order valence-corrected chi connectivity index (χ4v) is 2.54. The second-order valence-electron chi connectivity index (χ2n) is 4.71. The van der Waals surface area contributed by atoms with Gasteiger partial charge in [-0.25, -0.2) is 0 Å². The molecule has 1 saturated heterocycles. The Hall–Kier alpha value is -1.62. The summed E-state index contributed by atoms with van der Waals surface area (Å²) in [6.45, 7) is 3.08. The van der Waals surface area contributed by atoms with E-state index in [2.05, 4.69) is 16.8 Å². The summed E-state index contributed by atoms with van der Waals surface area (Å²) >= 11 is 0. The van der Waals surface area contributed by atoms with Crippen LogP contribution in [-0.2, 0) is 4.74 Å². The van der Waals surface area contributed by atoms with E-state index in [1.54, 1.807) is 13.3 Å². The molecule has 0 amide bonds. The molecule has 0 bridgehead atoms. The SMILES string of the molecule is COC1CCN(c2cccnc2C(=N)N)C(C)C1. The number of piperidine rings is 1. The van der Waals surface area contributed by atoms with Crippen LogP contribution in [0.1, 0.15) is 25.5 Å². The third-order valence-electron chi connectivity index (χ3n) is 3.51. The second-order valence-corrected chi connectivity index (χ2v) is 4.71. The first-order valence-electron chi connectivity index (χ1n) is 6.22. The van der Waals surface area contributed by atoms with E-state index in [1.807, 2.05) is 12.1 Å². The summed E-state index contributed by atoms with van der Waals surface area (Å²) in [4.78, 5) is 6.47. The summed E-state index contributed by atoms with van der Waals surface area (Å²) in [5.41, 5.74) is 7.11. The molecule has 0 aromatic carbocycles. The normalized spacial score (nSPS) is 24.0. The van der Waals surface area contributed by atoms with Crippen molar-refractivity contribution in [3.63, 3.8) is 0 Å². The van der Waals surface area contributed by atoms with Gasteiger partial charge in [0, 0.05) is 25.9 Å². The number of nitrogens with one attached hydrogen (secondary N) is 1. The van der Waals surface area contributed by atoms with Crippen LogP contribution < -0.4 is 10.6 Å². The molecule has 0 saturated carbocycles. The van der Waals surface area contributed by atoms with Crippen LogP contribution in [0, 0.1) is 5.41 Å². The van der Waals surface area contributed by atoms with Gasteiger partial charge in [0.25, 0.3) is 0 Å². The first kappa shape index (κ1) is 12.8. The van der Waals surface area contributed by atoms with E-state index < -0.39 is 0 Å². The van der Waals surface area contributed by atoms with Gasteiger partial charge in [-0.3, -0.25) is 10.4 Å². The summed E-state index contributed by atoms with van der Waals surface area (Å²) in [6.07, 6.45) is 3.98. The minimum atomic E-state index is 0.0201. The summed E-state index contributed by atoms with van der Waals surface area (Å²) < 4.78 is 5.41. The van der Waals surface area contributed by atoms with Crippen LogP contribution in [0.2, 0.25) is 0 Å². The molecular weight excluding hydrogens is 228 g/mol. The predicted molar refractivity (Wildman–Crippen MR) is 72.1 cm³/mol. The number of anilines is 1. The smallest absolute Gasteiger partial charge is 0.143 e. The molecule has 5 heteroatoms. The Morgan fingerprint density at radius 2 is 2.39 bits per heavy atom. The van der Waals surface area contributed by atoms with Crippen molar-refractivity contribution in [2.24, 2.45) is 5.73 Å². The average molecular weight is 248 g/mol. The zero-order valence-electron chi connectivity index (χ0n) is 10.9. The lowest BCUT2D eigenvalue weighted by atomic mass is 9.99. The molecule has 5 nitrogen and oxygen atoms in total. The molecule has 1 aromatic heterocycles. The predicted octanol–water partition coefficient (Wildman–Crippen LogP) is 1.37. The Morgan fingerprint density at radius 3 is 3.00 bits per heavy atom. The first-order valence-corrected chi connectivity index (χ1v) is 6.22. The molecular formula is C13H20N4O. The Bertz CT molecular complexity index is 435. The van der Waals surface area contributed by atoms with E-state index in [4.69, 9.17) is 15.9 Å². The molecule has 1 fully saturated rings. The van der Waals surface area contributed by atoms with E-state index in [9.17, 15) is 0 Å². The highest BCUT2D eigenvalue weighted by molar-refractivity contribution is 5.98. The van der Waals surface area contributed by atoms with E-state index >= 15 is 0 Å². The highest BCUT2D eigenvalue weighted by atomic mass is 16.5. The fourth-order valence-electron chi connectivity index (χ4n) is 2.54. The van der Waals surface area contributed by atoms with E-state index in [-0.39, 0.29) is 5.84 Å². The van der Waals surface area contributed by atoms with Crippen molar-refractivity contribution in [3.05, 3.63) is 24.0 Å². The summed E-state index contributed by atoms with van der Waals surface area (Å²) in [5, 5.41) is 7.60. The van der Waals surface area contributed by atoms with Gasteiger partial charge in [0.2, 0.25) is 0 Å². The minimum absolute atomic E-state index is 0.0201. The van der Waals surface area contributed by atoms with Crippen LogP contribution in [-0.4, -0.2) is 36.6 Å². The van der Waals surface area contributed by atoms with Crippen molar-refractivity contribution in [1.29, 1.82) is 5.41 Å². The van der Waals surface area contributed by atoms with Gasteiger partial charge in [0.1, 0.15) is 11.5 Å². The molecule has 2 rings (SSSR count). The number of pyridine rings is 1. The number of hydrogen-bond acceptors (Lipinski definition) is 4. The van der Waals surface area contributed by atoms with Crippen molar-refractivity contribution in [1.82, 2.24) is 4.98 Å². The molecule has 98 valence electrons. The lowest BCUT2D eigenvalue weighted by Gasteiger charge is -2.39. The molecule has 0 aliphatic carbocycles. The minimum Gasteiger partial charge on any atom is -0.382 e. The van der Waals surface area contributed by atoms with Crippen LogP contribution in [0.3, 0.4) is 0 Å². The van der Waals surface area contributed by atoms with Gasteiger partial charge in [-0.15, -0.1) is 0 Å². The molecule has 1 aliphatic rings. The van der Waals surface area contributed by atoms with E-state index in [1.165, 1.54) is 0 Å². The maximum absolute atomic E-state index is 7.60. The van der Waals surface area contributed by atoms with Gasteiger partial charge >= 0.3 is 0 Å². The Labute approximate surface area is 107 Å². The zero-order valence-corrected chi connectivity index (χ0v) is 10.9. The van der Waals surface area contributed by atoms with Crippen molar-refractivity contribution < 1.29 is 4.74 Å².